The van der Waals surface area contributed by atoms with Crippen LogP contribution in [0.2, 0.25) is 0 Å². The standard InChI is InChI=1S/C12H16O6S2/c1-6(13)19-3-2-10(14)17-11-7-4-8-9(5-7)20(15,16)18-12(8)11/h7-9,11-12H,2-5H2,1H3. The van der Waals surface area contributed by atoms with Crippen molar-refractivity contribution in [3.63, 3.8) is 0 Å². The van der Waals surface area contributed by atoms with Crippen molar-refractivity contribution >= 4 is 33.0 Å². The largest absolute Gasteiger partial charge is 0.459 e. The summed E-state index contributed by atoms with van der Waals surface area (Å²) in [5.41, 5.74) is 0. The van der Waals surface area contributed by atoms with E-state index in [9.17, 15) is 18.0 Å². The second-order valence-electron chi connectivity index (χ2n) is 5.53. The van der Waals surface area contributed by atoms with Gasteiger partial charge in [0.05, 0.1) is 11.7 Å². The van der Waals surface area contributed by atoms with Crippen molar-refractivity contribution in [1.29, 1.82) is 0 Å². The first-order valence-electron chi connectivity index (χ1n) is 6.63. The molecule has 20 heavy (non-hydrogen) atoms. The molecule has 2 aliphatic carbocycles. The van der Waals surface area contributed by atoms with E-state index in [0.717, 1.165) is 18.2 Å². The lowest BCUT2D eigenvalue weighted by Crippen LogP contribution is -2.37. The molecule has 3 fully saturated rings. The van der Waals surface area contributed by atoms with Gasteiger partial charge in [0.15, 0.2) is 5.12 Å². The zero-order valence-corrected chi connectivity index (χ0v) is 12.6. The van der Waals surface area contributed by atoms with E-state index in [1.54, 1.807) is 0 Å². The first-order chi connectivity index (χ1) is 9.38. The maximum absolute atomic E-state index is 11.8. The number of hydrogen-bond acceptors (Lipinski definition) is 7. The quantitative estimate of drug-likeness (QED) is 0.557. The van der Waals surface area contributed by atoms with E-state index in [2.05, 4.69) is 0 Å². The van der Waals surface area contributed by atoms with Crippen LogP contribution in [-0.4, -0.2) is 42.7 Å². The Morgan fingerprint density at radius 3 is 2.80 bits per heavy atom. The molecule has 5 unspecified atom stereocenters. The topological polar surface area (TPSA) is 86.7 Å². The molecule has 112 valence electrons. The van der Waals surface area contributed by atoms with Crippen LogP contribution in [0.4, 0.5) is 0 Å². The molecule has 0 spiro atoms. The number of carbonyl (C=O) groups excluding carboxylic acids is 2. The molecule has 6 nitrogen and oxygen atoms in total. The van der Waals surface area contributed by atoms with Gasteiger partial charge in [0.2, 0.25) is 0 Å². The summed E-state index contributed by atoms with van der Waals surface area (Å²) in [7, 11) is -3.47. The highest BCUT2D eigenvalue weighted by molar-refractivity contribution is 8.13. The lowest BCUT2D eigenvalue weighted by atomic mass is 9.94. The minimum atomic E-state index is -3.47. The molecule has 1 aliphatic heterocycles. The Balaban J connectivity index is 1.58. The third-order valence-corrected chi connectivity index (χ3v) is 6.88. The minimum absolute atomic E-state index is 0.0191. The van der Waals surface area contributed by atoms with Crippen molar-refractivity contribution in [1.82, 2.24) is 0 Å². The Morgan fingerprint density at radius 2 is 2.10 bits per heavy atom. The SMILES string of the molecule is CC(=O)SCCC(=O)OC1C2CC3C1OS(=O)(=O)C3C2. The van der Waals surface area contributed by atoms with Crippen molar-refractivity contribution < 1.29 is 26.9 Å². The number of thioether (sulfide) groups is 1. The zero-order chi connectivity index (χ0) is 14.5. The van der Waals surface area contributed by atoms with Crippen LogP contribution in [0.1, 0.15) is 26.2 Å². The number of rotatable bonds is 4. The summed E-state index contributed by atoms with van der Waals surface area (Å²) >= 11 is 1.08. The van der Waals surface area contributed by atoms with Crippen molar-refractivity contribution in [2.45, 2.75) is 43.6 Å². The summed E-state index contributed by atoms with van der Waals surface area (Å²) in [5.74, 6) is 0.0772. The lowest BCUT2D eigenvalue weighted by Gasteiger charge is -2.24. The fourth-order valence-electron chi connectivity index (χ4n) is 3.53. The van der Waals surface area contributed by atoms with Crippen LogP contribution in [0.5, 0.6) is 0 Å². The van der Waals surface area contributed by atoms with Gasteiger partial charge in [-0.05, 0) is 12.8 Å². The highest BCUT2D eigenvalue weighted by Gasteiger charge is 2.65. The average Bonchev–Trinajstić information content (AvgIpc) is 2.92. The molecule has 0 amide bonds. The van der Waals surface area contributed by atoms with Crippen molar-refractivity contribution in [3.8, 4) is 0 Å². The van der Waals surface area contributed by atoms with Crippen LogP contribution in [0.3, 0.4) is 0 Å². The van der Waals surface area contributed by atoms with E-state index in [-0.39, 0.29) is 29.3 Å². The van der Waals surface area contributed by atoms with Crippen LogP contribution in [-0.2, 0) is 28.6 Å². The normalized spacial score (nSPS) is 40.0. The maximum atomic E-state index is 11.8. The molecule has 0 N–H and O–H groups in total. The Hall–Kier alpha value is -0.600. The zero-order valence-electron chi connectivity index (χ0n) is 11.0. The minimum Gasteiger partial charge on any atom is -0.459 e. The number of fused-ring (bicyclic) bond motifs is 1. The molecular formula is C12H16O6S2. The molecule has 0 aromatic rings. The molecule has 1 saturated heterocycles. The summed E-state index contributed by atoms with van der Waals surface area (Å²) in [6, 6.07) is 0. The monoisotopic (exact) mass is 320 g/mol. The van der Waals surface area contributed by atoms with Crippen molar-refractivity contribution in [2.75, 3.05) is 5.75 Å². The van der Waals surface area contributed by atoms with E-state index in [1.807, 2.05) is 0 Å². The highest BCUT2D eigenvalue weighted by atomic mass is 32.2. The number of hydrogen-bond donors (Lipinski definition) is 0. The van der Waals surface area contributed by atoms with E-state index in [1.165, 1.54) is 6.92 Å². The number of carbonyl (C=O) groups is 2. The highest BCUT2D eigenvalue weighted by Crippen LogP contribution is 2.55. The Kier molecular flexibility index (Phi) is 3.58. The number of ether oxygens (including phenoxy) is 1. The molecule has 1 heterocycles. The van der Waals surface area contributed by atoms with Gasteiger partial charge in [0, 0.05) is 24.5 Å². The number of esters is 1. The summed E-state index contributed by atoms with van der Waals surface area (Å²) in [6.07, 6.45) is 0.510. The molecule has 2 bridgehead atoms. The fraction of sp³-hybridized carbons (Fsp3) is 0.833. The Bertz CT molecular complexity index is 542. The van der Waals surface area contributed by atoms with Crippen LogP contribution in [0.25, 0.3) is 0 Å². The van der Waals surface area contributed by atoms with Crippen LogP contribution < -0.4 is 0 Å². The predicted molar refractivity (Wildman–Crippen MR) is 71.4 cm³/mol. The summed E-state index contributed by atoms with van der Waals surface area (Å²) in [6.45, 7) is 1.45. The predicted octanol–water partition coefficient (Wildman–Crippen LogP) is 0.705. The summed E-state index contributed by atoms with van der Waals surface area (Å²) in [4.78, 5) is 22.5. The van der Waals surface area contributed by atoms with Gasteiger partial charge in [0.25, 0.3) is 10.1 Å². The van der Waals surface area contributed by atoms with E-state index in [4.69, 9.17) is 8.92 Å². The molecule has 2 saturated carbocycles. The molecule has 3 aliphatic rings. The molecule has 0 aromatic carbocycles. The van der Waals surface area contributed by atoms with E-state index >= 15 is 0 Å². The van der Waals surface area contributed by atoms with Gasteiger partial charge in [-0.25, -0.2) is 0 Å². The van der Waals surface area contributed by atoms with Crippen LogP contribution in [0.15, 0.2) is 0 Å². The van der Waals surface area contributed by atoms with Gasteiger partial charge >= 0.3 is 5.97 Å². The average molecular weight is 320 g/mol. The summed E-state index contributed by atoms with van der Waals surface area (Å²) in [5, 5.41) is -0.438. The third-order valence-electron chi connectivity index (χ3n) is 4.29. The molecule has 8 heteroatoms. The maximum Gasteiger partial charge on any atom is 0.307 e. The smallest absolute Gasteiger partial charge is 0.307 e. The van der Waals surface area contributed by atoms with Crippen LogP contribution >= 0.6 is 11.8 Å². The van der Waals surface area contributed by atoms with Gasteiger partial charge in [-0.15, -0.1) is 0 Å². The molecule has 0 radical (unpaired) electrons. The Labute approximate surface area is 121 Å². The summed E-state index contributed by atoms with van der Waals surface area (Å²) < 4.78 is 34.0. The van der Waals surface area contributed by atoms with E-state index in [0.29, 0.717) is 12.2 Å². The van der Waals surface area contributed by atoms with Gasteiger partial charge in [0.1, 0.15) is 12.2 Å². The van der Waals surface area contributed by atoms with E-state index < -0.39 is 27.6 Å². The molecule has 0 aromatic heterocycles. The molecule has 5 atom stereocenters. The second kappa shape index (κ2) is 4.99. The third kappa shape index (κ3) is 2.37. The van der Waals surface area contributed by atoms with Gasteiger partial charge in [-0.3, -0.25) is 13.8 Å². The van der Waals surface area contributed by atoms with Crippen molar-refractivity contribution in [2.24, 2.45) is 11.8 Å². The first kappa shape index (κ1) is 14.3. The van der Waals surface area contributed by atoms with Gasteiger partial charge in [-0.2, -0.15) is 8.42 Å². The Morgan fingerprint density at radius 1 is 1.35 bits per heavy atom. The fourth-order valence-corrected chi connectivity index (χ4v) is 5.97. The van der Waals surface area contributed by atoms with Gasteiger partial charge < -0.3 is 4.74 Å². The molecular weight excluding hydrogens is 304 g/mol. The van der Waals surface area contributed by atoms with Crippen LogP contribution in [0, 0.1) is 11.8 Å². The molecule has 3 rings (SSSR count). The first-order valence-corrected chi connectivity index (χ1v) is 9.09. The van der Waals surface area contributed by atoms with Gasteiger partial charge in [-0.1, -0.05) is 11.8 Å². The van der Waals surface area contributed by atoms with Crippen molar-refractivity contribution in [3.05, 3.63) is 0 Å². The second-order valence-corrected chi connectivity index (χ2v) is 8.59. The lowest BCUT2D eigenvalue weighted by molar-refractivity contribution is -0.155.